The molecule has 1 aromatic rings. The lowest BCUT2D eigenvalue weighted by Crippen LogP contribution is -2.22. The molecule has 0 aliphatic carbocycles. The van der Waals surface area contributed by atoms with Crippen LogP contribution in [0.25, 0.3) is 0 Å². The summed E-state index contributed by atoms with van der Waals surface area (Å²) < 4.78 is 35.3. The highest BCUT2D eigenvalue weighted by atomic mass is 19.4. The van der Waals surface area contributed by atoms with Gasteiger partial charge >= 0.3 is 6.18 Å². The Balaban J connectivity index is 3.26. The molecule has 0 atom stereocenters. The number of nitrogens with one attached hydrogen (secondary N) is 1. The van der Waals surface area contributed by atoms with Crippen molar-refractivity contribution < 1.29 is 13.2 Å². The van der Waals surface area contributed by atoms with Crippen LogP contribution in [0.5, 0.6) is 0 Å². The van der Waals surface area contributed by atoms with Gasteiger partial charge in [-0.3, -0.25) is 4.79 Å². The molecule has 0 unspecified atom stereocenters. The zero-order valence-corrected chi connectivity index (χ0v) is 5.14. The lowest BCUT2D eigenvalue weighted by atomic mass is 10.4. The maximum Gasteiger partial charge on any atom is 0.438 e. The normalized spacial score (nSPS) is 11.5. The highest BCUT2D eigenvalue weighted by molar-refractivity contribution is 4.99. The standard InChI is InChI=1S/C5H3F3N2O/c6-5(7,8)3-4(11)10-2-1-9-3/h1-2H,(H,10,11). The second kappa shape index (κ2) is 2.37. The number of rotatable bonds is 0. The summed E-state index contributed by atoms with van der Waals surface area (Å²) in [6.45, 7) is 0. The first kappa shape index (κ1) is 7.77. The molecule has 11 heavy (non-hydrogen) atoms. The van der Waals surface area contributed by atoms with E-state index in [1.807, 2.05) is 4.98 Å². The largest absolute Gasteiger partial charge is 0.438 e. The van der Waals surface area contributed by atoms with E-state index in [-0.39, 0.29) is 0 Å². The van der Waals surface area contributed by atoms with E-state index in [1.54, 1.807) is 0 Å². The van der Waals surface area contributed by atoms with E-state index in [0.29, 0.717) is 0 Å². The summed E-state index contributed by atoms with van der Waals surface area (Å²) in [5, 5.41) is 0. The highest BCUT2D eigenvalue weighted by Crippen LogP contribution is 2.23. The van der Waals surface area contributed by atoms with Crippen molar-refractivity contribution >= 4 is 0 Å². The van der Waals surface area contributed by atoms with Crippen molar-refractivity contribution in [2.45, 2.75) is 6.18 Å². The van der Waals surface area contributed by atoms with E-state index in [0.717, 1.165) is 12.4 Å². The summed E-state index contributed by atoms with van der Waals surface area (Å²) in [5.74, 6) is 0. The first-order chi connectivity index (χ1) is 5.02. The maximum absolute atomic E-state index is 11.8. The molecule has 0 spiro atoms. The first-order valence-electron chi connectivity index (χ1n) is 2.62. The van der Waals surface area contributed by atoms with Crippen LogP contribution in [0, 0.1) is 0 Å². The van der Waals surface area contributed by atoms with Gasteiger partial charge in [0, 0.05) is 12.4 Å². The van der Waals surface area contributed by atoms with Crippen LogP contribution in [0.2, 0.25) is 0 Å². The molecule has 3 nitrogen and oxygen atoms in total. The topological polar surface area (TPSA) is 45.8 Å². The Labute approximate surface area is 58.9 Å². The van der Waals surface area contributed by atoms with Gasteiger partial charge in [0.05, 0.1) is 0 Å². The van der Waals surface area contributed by atoms with Gasteiger partial charge in [-0.25, -0.2) is 4.98 Å². The molecular weight excluding hydrogens is 161 g/mol. The number of alkyl halides is 3. The molecule has 1 heterocycles. The number of aromatic nitrogens is 2. The SMILES string of the molecule is O=c1[nH]ccnc1C(F)(F)F. The minimum atomic E-state index is -4.67. The highest BCUT2D eigenvalue weighted by Gasteiger charge is 2.35. The van der Waals surface area contributed by atoms with E-state index in [2.05, 4.69) is 4.98 Å². The van der Waals surface area contributed by atoms with Crippen LogP contribution in [0.4, 0.5) is 13.2 Å². The molecule has 60 valence electrons. The number of halogens is 3. The fraction of sp³-hybridized carbons (Fsp3) is 0.200. The molecule has 6 heteroatoms. The fourth-order valence-corrected chi connectivity index (χ4v) is 0.554. The Hall–Kier alpha value is -1.33. The van der Waals surface area contributed by atoms with Gasteiger partial charge in [0.15, 0.2) is 0 Å². The molecular formula is C5H3F3N2O. The second-order valence-electron chi connectivity index (χ2n) is 1.76. The molecule has 0 aliphatic rings. The monoisotopic (exact) mass is 164 g/mol. The molecule has 0 aliphatic heterocycles. The summed E-state index contributed by atoms with van der Waals surface area (Å²) >= 11 is 0. The lowest BCUT2D eigenvalue weighted by molar-refractivity contribution is -0.142. The molecule has 1 N–H and O–H groups in total. The minimum Gasteiger partial charge on any atom is -0.326 e. The molecule has 0 amide bonds. The van der Waals surface area contributed by atoms with Gasteiger partial charge in [-0.05, 0) is 0 Å². The summed E-state index contributed by atoms with van der Waals surface area (Å²) in [6.07, 6.45) is -2.75. The van der Waals surface area contributed by atoms with E-state index >= 15 is 0 Å². The van der Waals surface area contributed by atoms with E-state index in [9.17, 15) is 18.0 Å². The van der Waals surface area contributed by atoms with Gasteiger partial charge in [-0.15, -0.1) is 0 Å². The third-order valence-corrected chi connectivity index (χ3v) is 0.976. The number of H-pyrrole nitrogens is 1. The van der Waals surface area contributed by atoms with E-state index in [4.69, 9.17) is 0 Å². The van der Waals surface area contributed by atoms with Crippen molar-refractivity contribution in [2.24, 2.45) is 0 Å². The van der Waals surface area contributed by atoms with Crippen molar-refractivity contribution in [1.29, 1.82) is 0 Å². The average Bonchev–Trinajstić information content (AvgIpc) is 1.86. The predicted molar refractivity (Wildman–Crippen MR) is 29.9 cm³/mol. The smallest absolute Gasteiger partial charge is 0.326 e. The van der Waals surface area contributed by atoms with Crippen LogP contribution in [-0.4, -0.2) is 9.97 Å². The molecule has 1 rings (SSSR count). The van der Waals surface area contributed by atoms with Crippen molar-refractivity contribution in [1.82, 2.24) is 9.97 Å². The van der Waals surface area contributed by atoms with Gasteiger partial charge in [0.1, 0.15) is 0 Å². The zero-order valence-electron chi connectivity index (χ0n) is 5.14. The summed E-state index contributed by atoms with van der Waals surface area (Å²) in [5.41, 5.74) is -2.64. The van der Waals surface area contributed by atoms with Gasteiger partial charge in [0.25, 0.3) is 5.56 Å². The number of hydrogen-bond acceptors (Lipinski definition) is 2. The van der Waals surface area contributed by atoms with Gasteiger partial charge in [-0.1, -0.05) is 0 Å². The van der Waals surface area contributed by atoms with Crippen LogP contribution < -0.4 is 5.56 Å². The number of hydrogen-bond donors (Lipinski definition) is 1. The van der Waals surface area contributed by atoms with Crippen molar-refractivity contribution in [3.8, 4) is 0 Å². The van der Waals surface area contributed by atoms with Gasteiger partial charge in [0.2, 0.25) is 5.69 Å². The lowest BCUT2D eigenvalue weighted by Gasteiger charge is -2.01. The van der Waals surface area contributed by atoms with Gasteiger partial charge < -0.3 is 4.98 Å². The maximum atomic E-state index is 11.8. The second-order valence-corrected chi connectivity index (χ2v) is 1.76. The Bertz CT molecular complexity index is 303. The van der Waals surface area contributed by atoms with Crippen LogP contribution in [0.1, 0.15) is 5.69 Å². The van der Waals surface area contributed by atoms with Gasteiger partial charge in [-0.2, -0.15) is 13.2 Å². The van der Waals surface area contributed by atoms with Crippen LogP contribution in [0.15, 0.2) is 17.2 Å². The molecule has 0 fully saturated rings. The Morgan fingerprint density at radius 2 is 2.09 bits per heavy atom. The summed E-state index contributed by atoms with van der Waals surface area (Å²) in [7, 11) is 0. The molecule has 1 aromatic heterocycles. The van der Waals surface area contributed by atoms with Crippen molar-refractivity contribution in [3.05, 3.63) is 28.4 Å². The predicted octanol–water partition coefficient (Wildman–Crippen LogP) is 0.789. The third-order valence-electron chi connectivity index (χ3n) is 0.976. The van der Waals surface area contributed by atoms with E-state index < -0.39 is 17.4 Å². The zero-order chi connectivity index (χ0) is 8.48. The number of aromatic amines is 1. The van der Waals surface area contributed by atoms with Crippen molar-refractivity contribution in [3.63, 3.8) is 0 Å². The van der Waals surface area contributed by atoms with Crippen LogP contribution in [-0.2, 0) is 6.18 Å². The Morgan fingerprint density at radius 3 is 2.45 bits per heavy atom. The molecule has 0 saturated carbocycles. The summed E-state index contributed by atoms with van der Waals surface area (Å²) in [4.78, 5) is 15.2. The molecule has 0 aromatic carbocycles. The quantitative estimate of drug-likeness (QED) is 0.616. The molecule has 0 bridgehead atoms. The fourth-order valence-electron chi connectivity index (χ4n) is 0.554. The first-order valence-corrected chi connectivity index (χ1v) is 2.62. The van der Waals surface area contributed by atoms with Crippen molar-refractivity contribution in [2.75, 3.05) is 0 Å². The summed E-state index contributed by atoms with van der Waals surface area (Å²) in [6, 6.07) is 0. The Morgan fingerprint density at radius 1 is 1.45 bits per heavy atom. The third kappa shape index (κ3) is 1.57. The van der Waals surface area contributed by atoms with Crippen LogP contribution in [0.3, 0.4) is 0 Å². The molecule has 0 radical (unpaired) electrons. The average molecular weight is 164 g/mol. The Kier molecular flexibility index (Phi) is 1.67. The van der Waals surface area contributed by atoms with Crippen LogP contribution >= 0.6 is 0 Å². The van der Waals surface area contributed by atoms with E-state index in [1.165, 1.54) is 0 Å². The molecule has 0 saturated heterocycles. The minimum absolute atomic E-state index is 0.879. The number of nitrogens with zero attached hydrogens (tertiary/aromatic N) is 1.